The number of ether oxygens (including phenoxy) is 1. The second-order valence-corrected chi connectivity index (χ2v) is 4.75. The molecule has 15 heavy (non-hydrogen) atoms. The van der Waals surface area contributed by atoms with Gasteiger partial charge in [0, 0.05) is 6.92 Å². The van der Waals surface area contributed by atoms with Crippen LogP contribution < -0.4 is 5.32 Å². The van der Waals surface area contributed by atoms with E-state index in [9.17, 15) is 9.59 Å². The van der Waals surface area contributed by atoms with Crippen LogP contribution in [0.5, 0.6) is 0 Å². The summed E-state index contributed by atoms with van der Waals surface area (Å²) in [6.07, 6.45) is 0.470. The van der Waals surface area contributed by atoms with E-state index in [1.165, 1.54) is 6.92 Å². The van der Waals surface area contributed by atoms with Gasteiger partial charge in [0.2, 0.25) is 5.91 Å². The molecule has 0 radical (unpaired) electrons. The van der Waals surface area contributed by atoms with Crippen molar-refractivity contribution in [3.8, 4) is 0 Å². The van der Waals surface area contributed by atoms with E-state index in [2.05, 4.69) is 17.9 Å². The molecule has 88 valence electrons. The SMILES string of the molecule is CC(=O)N[C@H](CCS)C(=O)OC(C)(C)C. The first-order valence-corrected chi connectivity index (χ1v) is 5.50. The number of nitrogens with one attached hydrogen (secondary N) is 1. The van der Waals surface area contributed by atoms with Crippen molar-refractivity contribution in [3.05, 3.63) is 0 Å². The molecule has 0 aromatic carbocycles. The van der Waals surface area contributed by atoms with Crippen molar-refractivity contribution >= 4 is 24.5 Å². The summed E-state index contributed by atoms with van der Waals surface area (Å²) in [6.45, 7) is 6.74. The molecule has 0 aromatic heterocycles. The maximum absolute atomic E-state index is 11.6. The molecule has 0 aliphatic heterocycles. The van der Waals surface area contributed by atoms with Gasteiger partial charge in [-0.2, -0.15) is 12.6 Å². The Morgan fingerprint density at radius 1 is 1.40 bits per heavy atom. The third-order valence-corrected chi connectivity index (χ3v) is 1.74. The van der Waals surface area contributed by atoms with Crippen LogP contribution in [-0.4, -0.2) is 29.3 Å². The molecule has 1 N–H and O–H groups in total. The number of hydrogen-bond donors (Lipinski definition) is 2. The summed E-state index contributed by atoms with van der Waals surface area (Å²) in [5.41, 5.74) is -0.537. The molecule has 1 amide bonds. The molecule has 0 saturated carbocycles. The molecule has 0 rings (SSSR count). The highest BCUT2D eigenvalue weighted by Crippen LogP contribution is 2.10. The highest BCUT2D eigenvalue weighted by molar-refractivity contribution is 7.80. The van der Waals surface area contributed by atoms with Crippen molar-refractivity contribution in [1.82, 2.24) is 5.32 Å². The molecule has 0 spiro atoms. The van der Waals surface area contributed by atoms with Crippen LogP contribution in [0.4, 0.5) is 0 Å². The largest absolute Gasteiger partial charge is 0.458 e. The molecule has 4 nitrogen and oxygen atoms in total. The average molecular weight is 233 g/mol. The van der Waals surface area contributed by atoms with E-state index < -0.39 is 17.6 Å². The Morgan fingerprint density at radius 3 is 2.27 bits per heavy atom. The second kappa shape index (κ2) is 6.00. The van der Waals surface area contributed by atoms with E-state index in [1.807, 2.05) is 0 Å². The van der Waals surface area contributed by atoms with Crippen LogP contribution in [0.2, 0.25) is 0 Å². The summed E-state index contributed by atoms with van der Waals surface area (Å²) in [7, 11) is 0. The predicted octanol–water partition coefficient (Wildman–Crippen LogP) is 1.15. The van der Waals surface area contributed by atoms with E-state index in [0.717, 1.165) is 0 Å². The predicted molar refractivity (Wildman–Crippen MR) is 61.9 cm³/mol. The topological polar surface area (TPSA) is 55.4 Å². The van der Waals surface area contributed by atoms with Crippen LogP contribution in [0.15, 0.2) is 0 Å². The molecule has 0 fully saturated rings. The fourth-order valence-corrected chi connectivity index (χ4v) is 1.25. The van der Waals surface area contributed by atoms with Gasteiger partial charge in [0.25, 0.3) is 0 Å². The smallest absolute Gasteiger partial charge is 0.329 e. The number of carbonyl (C=O) groups is 2. The zero-order valence-corrected chi connectivity index (χ0v) is 10.6. The van der Waals surface area contributed by atoms with Gasteiger partial charge in [-0.3, -0.25) is 4.79 Å². The standard InChI is InChI=1S/C10H19NO3S/c1-7(12)11-8(5-6-15)9(13)14-10(2,3)4/h8,15H,5-6H2,1-4H3,(H,11,12)/t8-/m1/s1. The number of thiol groups is 1. The van der Waals surface area contributed by atoms with Gasteiger partial charge < -0.3 is 10.1 Å². The number of amides is 1. The first-order chi connectivity index (χ1) is 6.76. The molecule has 0 aliphatic rings. The summed E-state index contributed by atoms with van der Waals surface area (Å²) in [5.74, 6) is -0.135. The molecule has 0 aliphatic carbocycles. The third-order valence-electron chi connectivity index (χ3n) is 1.49. The molecule has 0 bridgehead atoms. The highest BCUT2D eigenvalue weighted by atomic mass is 32.1. The van der Waals surface area contributed by atoms with E-state index in [-0.39, 0.29) is 5.91 Å². The molecule has 0 heterocycles. The van der Waals surface area contributed by atoms with Crippen molar-refractivity contribution in [1.29, 1.82) is 0 Å². The molecular formula is C10H19NO3S. The molecule has 0 unspecified atom stereocenters. The normalized spacial score (nSPS) is 13.1. The summed E-state index contributed by atoms with van der Waals surface area (Å²) >= 11 is 4.03. The average Bonchev–Trinajstić information content (AvgIpc) is 1.99. The lowest BCUT2D eigenvalue weighted by atomic mass is 10.1. The minimum atomic E-state index is -0.598. The van der Waals surface area contributed by atoms with Gasteiger partial charge in [-0.1, -0.05) is 0 Å². The fourth-order valence-electron chi connectivity index (χ4n) is 0.996. The van der Waals surface area contributed by atoms with Gasteiger partial charge in [0.05, 0.1) is 0 Å². The minimum Gasteiger partial charge on any atom is -0.458 e. The summed E-state index contributed by atoms with van der Waals surface area (Å²) < 4.78 is 5.17. The van der Waals surface area contributed by atoms with Crippen molar-refractivity contribution in [3.63, 3.8) is 0 Å². The van der Waals surface area contributed by atoms with Gasteiger partial charge in [0.1, 0.15) is 11.6 Å². The fraction of sp³-hybridized carbons (Fsp3) is 0.800. The highest BCUT2D eigenvalue weighted by Gasteiger charge is 2.24. The van der Waals surface area contributed by atoms with Crippen molar-refractivity contribution in [2.75, 3.05) is 5.75 Å². The van der Waals surface area contributed by atoms with Crippen LogP contribution in [0.1, 0.15) is 34.1 Å². The van der Waals surface area contributed by atoms with Gasteiger partial charge in [-0.25, -0.2) is 4.79 Å². The zero-order valence-electron chi connectivity index (χ0n) is 9.66. The second-order valence-electron chi connectivity index (χ2n) is 4.30. The van der Waals surface area contributed by atoms with Gasteiger partial charge >= 0.3 is 5.97 Å². The molecule has 0 aromatic rings. The molecular weight excluding hydrogens is 214 g/mol. The summed E-state index contributed by atoms with van der Waals surface area (Å²) in [6, 6.07) is -0.598. The minimum absolute atomic E-state index is 0.243. The Balaban J connectivity index is 4.35. The van der Waals surface area contributed by atoms with E-state index in [4.69, 9.17) is 4.74 Å². The van der Waals surface area contributed by atoms with Crippen LogP contribution in [0.25, 0.3) is 0 Å². The van der Waals surface area contributed by atoms with Gasteiger partial charge in [-0.15, -0.1) is 0 Å². The Hall–Kier alpha value is -0.710. The molecule has 1 atom stereocenters. The third kappa shape index (κ3) is 7.25. The van der Waals surface area contributed by atoms with Gasteiger partial charge in [-0.05, 0) is 32.9 Å². The van der Waals surface area contributed by atoms with Crippen molar-refractivity contribution in [2.24, 2.45) is 0 Å². The van der Waals surface area contributed by atoms with Gasteiger partial charge in [0.15, 0.2) is 0 Å². The lowest BCUT2D eigenvalue weighted by molar-refractivity contribution is -0.158. The van der Waals surface area contributed by atoms with E-state index in [1.54, 1.807) is 20.8 Å². The lowest BCUT2D eigenvalue weighted by Gasteiger charge is -2.23. The summed E-state index contributed by atoms with van der Waals surface area (Å²) in [5, 5.41) is 2.54. The molecule has 5 heteroatoms. The Bertz CT molecular complexity index is 235. The monoisotopic (exact) mass is 233 g/mol. The van der Waals surface area contributed by atoms with Crippen LogP contribution in [0.3, 0.4) is 0 Å². The maximum atomic E-state index is 11.6. The molecule has 0 saturated heterocycles. The van der Waals surface area contributed by atoms with Crippen molar-refractivity contribution in [2.45, 2.75) is 45.8 Å². The van der Waals surface area contributed by atoms with Crippen LogP contribution in [-0.2, 0) is 14.3 Å². The maximum Gasteiger partial charge on any atom is 0.329 e. The zero-order chi connectivity index (χ0) is 12.1. The number of esters is 1. The number of rotatable bonds is 4. The van der Waals surface area contributed by atoms with E-state index >= 15 is 0 Å². The summed E-state index contributed by atoms with van der Waals surface area (Å²) in [4.78, 5) is 22.5. The van der Waals surface area contributed by atoms with Crippen LogP contribution >= 0.6 is 12.6 Å². The van der Waals surface area contributed by atoms with E-state index in [0.29, 0.717) is 12.2 Å². The Labute approximate surface area is 96.2 Å². The Morgan fingerprint density at radius 2 is 1.93 bits per heavy atom. The number of carbonyl (C=O) groups excluding carboxylic acids is 2. The first kappa shape index (κ1) is 14.3. The van der Waals surface area contributed by atoms with Crippen molar-refractivity contribution < 1.29 is 14.3 Å². The Kier molecular flexibility index (Phi) is 5.72. The van der Waals surface area contributed by atoms with Crippen LogP contribution in [0, 0.1) is 0 Å². The number of hydrogen-bond acceptors (Lipinski definition) is 4. The quantitative estimate of drug-likeness (QED) is 0.566. The first-order valence-electron chi connectivity index (χ1n) is 4.87. The lowest BCUT2D eigenvalue weighted by Crippen LogP contribution is -2.43.